The van der Waals surface area contributed by atoms with E-state index in [0.717, 1.165) is 11.3 Å². The van der Waals surface area contributed by atoms with E-state index in [9.17, 15) is 9.59 Å². The molecule has 0 saturated heterocycles. The molecular formula is C18H19N3O3S. The van der Waals surface area contributed by atoms with E-state index in [2.05, 4.69) is 4.98 Å². The number of aromatic nitrogens is 2. The van der Waals surface area contributed by atoms with Crippen molar-refractivity contribution in [3.63, 3.8) is 0 Å². The molecule has 0 N–H and O–H groups in total. The number of fused-ring (bicyclic) bond motifs is 1. The van der Waals surface area contributed by atoms with Crippen molar-refractivity contribution in [2.45, 2.75) is 20.0 Å². The first kappa shape index (κ1) is 17.3. The predicted molar refractivity (Wildman–Crippen MR) is 96.6 cm³/mol. The molecule has 2 heterocycles. The summed E-state index contributed by atoms with van der Waals surface area (Å²) in [5, 5.41) is 1.91. The Morgan fingerprint density at radius 2 is 2.04 bits per heavy atom. The normalized spacial score (nSPS) is 11.2. The number of hydrogen-bond donors (Lipinski definition) is 0. The molecule has 0 spiro atoms. The Kier molecular flexibility index (Phi) is 5.25. The summed E-state index contributed by atoms with van der Waals surface area (Å²) in [7, 11) is 1.37. The summed E-state index contributed by atoms with van der Waals surface area (Å²) in [6.45, 7) is 2.98. The minimum absolute atomic E-state index is 0.100. The van der Waals surface area contributed by atoms with Crippen LogP contribution in [0.3, 0.4) is 0 Å². The van der Waals surface area contributed by atoms with Crippen molar-refractivity contribution in [2.24, 2.45) is 0 Å². The van der Waals surface area contributed by atoms with E-state index >= 15 is 0 Å². The van der Waals surface area contributed by atoms with E-state index in [4.69, 9.17) is 4.74 Å². The average molecular weight is 357 g/mol. The average Bonchev–Trinajstić information content (AvgIpc) is 2.97. The number of methoxy groups -OCH3 is 1. The van der Waals surface area contributed by atoms with Gasteiger partial charge in [-0.15, -0.1) is 11.3 Å². The van der Waals surface area contributed by atoms with Gasteiger partial charge in [-0.1, -0.05) is 30.3 Å². The van der Waals surface area contributed by atoms with Crippen LogP contribution in [0.2, 0.25) is 0 Å². The maximum Gasteiger partial charge on any atom is 0.319 e. The highest BCUT2D eigenvalue weighted by molar-refractivity contribution is 7.15. The molecule has 7 heteroatoms. The van der Waals surface area contributed by atoms with Crippen LogP contribution in [0.25, 0.3) is 4.96 Å². The van der Waals surface area contributed by atoms with Crippen LogP contribution in [0.5, 0.6) is 0 Å². The molecule has 0 radical (unpaired) electrons. The number of hydrogen-bond acceptors (Lipinski definition) is 6. The monoisotopic (exact) mass is 357 g/mol. The molecule has 0 bridgehead atoms. The molecule has 0 fully saturated rings. The van der Waals surface area contributed by atoms with Crippen LogP contribution in [0, 0.1) is 6.92 Å². The minimum Gasteiger partial charge on any atom is -0.468 e. The largest absolute Gasteiger partial charge is 0.468 e. The molecule has 0 aliphatic rings. The maximum atomic E-state index is 12.3. The number of esters is 1. The summed E-state index contributed by atoms with van der Waals surface area (Å²) in [6.07, 6.45) is 0. The van der Waals surface area contributed by atoms with Crippen LogP contribution in [0.1, 0.15) is 17.0 Å². The van der Waals surface area contributed by atoms with Crippen molar-refractivity contribution in [1.82, 2.24) is 14.3 Å². The molecule has 0 aliphatic heterocycles. The minimum atomic E-state index is -0.319. The van der Waals surface area contributed by atoms with Crippen LogP contribution >= 0.6 is 11.3 Å². The van der Waals surface area contributed by atoms with Gasteiger partial charge in [0.05, 0.1) is 19.3 Å². The van der Waals surface area contributed by atoms with Crippen LogP contribution in [-0.2, 0) is 22.6 Å². The lowest BCUT2D eigenvalue weighted by Gasteiger charge is -2.20. The third-order valence-electron chi connectivity index (χ3n) is 3.84. The second kappa shape index (κ2) is 7.58. The van der Waals surface area contributed by atoms with E-state index in [-0.39, 0.29) is 18.1 Å². The van der Waals surface area contributed by atoms with Gasteiger partial charge < -0.3 is 4.74 Å². The second-order valence-corrected chi connectivity index (χ2v) is 6.62. The highest BCUT2D eigenvalue weighted by Gasteiger charge is 2.15. The lowest BCUT2D eigenvalue weighted by Crippen LogP contribution is -2.31. The molecule has 0 aliphatic carbocycles. The number of benzene rings is 1. The van der Waals surface area contributed by atoms with Crippen molar-refractivity contribution < 1.29 is 9.53 Å². The Balaban J connectivity index is 1.86. The summed E-state index contributed by atoms with van der Waals surface area (Å²) in [4.78, 5) is 31.2. The van der Waals surface area contributed by atoms with Gasteiger partial charge in [0, 0.05) is 30.2 Å². The second-order valence-electron chi connectivity index (χ2n) is 5.79. The number of carbonyl (C=O) groups excluding carboxylic acids is 1. The number of rotatable bonds is 6. The third-order valence-corrected chi connectivity index (χ3v) is 4.79. The first-order valence-corrected chi connectivity index (χ1v) is 8.74. The molecule has 25 heavy (non-hydrogen) atoms. The van der Waals surface area contributed by atoms with Crippen LogP contribution < -0.4 is 5.56 Å². The molecule has 2 aromatic heterocycles. The number of ether oxygens (including phenoxy) is 1. The molecule has 3 aromatic rings. The molecule has 3 rings (SSSR count). The maximum absolute atomic E-state index is 12.3. The summed E-state index contributed by atoms with van der Waals surface area (Å²) in [5.74, 6) is -0.319. The predicted octanol–water partition coefficient (Wildman–Crippen LogP) is 2.24. The zero-order chi connectivity index (χ0) is 17.8. The summed E-state index contributed by atoms with van der Waals surface area (Å²) in [5.41, 5.74) is 2.50. The highest BCUT2D eigenvalue weighted by atomic mass is 32.1. The van der Waals surface area contributed by atoms with Gasteiger partial charge >= 0.3 is 5.97 Å². The van der Waals surface area contributed by atoms with Crippen LogP contribution in [0.15, 0.2) is 46.6 Å². The van der Waals surface area contributed by atoms with Crippen molar-refractivity contribution in [1.29, 1.82) is 0 Å². The fourth-order valence-electron chi connectivity index (χ4n) is 2.67. The fourth-order valence-corrected chi connectivity index (χ4v) is 3.56. The first-order chi connectivity index (χ1) is 12.1. The Morgan fingerprint density at radius 3 is 2.76 bits per heavy atom. The fraction of sp³-hybridized carbons (Fsp3) is 0.278. The molecule has 130 valence electrons. The Bertz CT molecular complexity index is 934. The van der Waals surface area contributed by atoms with Gasteiger partial charge in [-0.3, -0.25) is 18.9 Å². The molecule has 6 nitrogen and oxygen atoms in total. The van der Waals surface area contributed by atoms with Crippen molar-refractivity contribution in [3.05, 3.63) is 69.1 Å². The SMILES string of the molecule is COC(=O)CN(Cc1ccccc1)Cc1cc(=O)n2c(C)csc2n1. The zero-order valence-corrected chi connectivity index (χ0v) is 15.0. The van der Waals surface area contributed by atoms with E-state index < -0.39 is 0 Å². The van der Waals surface area contributed by atoms with Crippen molar-refractivity contribution in [3.8, 4) is 0 Å². The lowest BCUT2D eigenvalue weighted by atomic mass is 10.2. The van der Waals surface area contributed by atoms with E-state index in [0.29, 0.717) is 23.7 Å². The molecule has 0 saturated carbocycles. The standard InChI is InChI=1S/C18H19N3O3S/c1-13-12-25-18-19-15(8-16(22)21(13)18)10-20(11-17(23)24-2)9-14-6-4-3-5-7-14/h3-8,12H,9-11H2,1-2H3. The Morgan fingerprint density at radius 1 is 1.28 bits per heavy atom. The van der Waals surface area contributed by atoms with Gasteiger partial charge in [0.15, 0.2) is 4.96 Å². The Labute approximate surface area is 149 Å². The van der Waals surface area contributed by atoms with Gasteiger partial charge in [0.2, 0.25) is 0 Å². The summed E-state index contributed by atoms with van der Waals surface area (Å²) < 4.78 is 6.38. The molecule has 1 aromatic carbocycles. The molecular weight excluding hydrogens is 338 g/mol. The van der Waals surface area contributed by atoms with Gasteiger partial charge in [0.1, 0.15) is 0 Å². The topological polar surface area (TPSA) is 63.9 Å². The van der Waals surface area contributed by atoms with Gasteiger partial charge in [-0.2, -0.15) is 0 Å². The summed E-state index contributed by atoms with van der Waals surface area (Å²) in [6, 6.07) is 11.4. The van der Waals surface area contributed by atoms with E-state index in [1.54, 1.807) is 4.40 Å². The van der Waals surface area contributed by atoms with E-state index in [1.165, 1.54) is 24.5 Å². The van der Waals surface area contributed by atoms with Gasteiger partial charge in [0.25, 0.3) is 5.56 Å². The zero-order valence-electron chi connectivity index (χ0n) is 14.1. The van der Waals surface area contributed by atoms with E-state index in [1.807, 2.05) is 47.5 Å². The molecule has 0 amide bonds. The van der Waals surface area contributed by atoms with Crippen molar-refractivity contribution >= 4 is 22.3 Å². The Hall–Kier alpha value is -2.51. The third kappa shape index (κ3) is 4.12. The van der Waals surface area contributed by atoms with Gasteiger partial charge in [-0.05, 0) is 12.5 Å². The first-order valence-electron chi connectivity index (χ1n) is 7.86. The van der Waals surface area contributed by atoms with Crippen LogP contribution in [0.4, 0.5) is 0 Å². The number of nitrogens with zero attached hydrogens (tertiary/aromatic N) is 3. The smallest absolute Gasteiger partial charge is 0.319 e. The lowest BCUT2D eigenvalue weighted by molar-refractivity contribution is -0.142. The van der Waals surface area contributed by atoms with Crippen molar-refractivity contribution in [2.75, 3.05) is 13.7 Å². The number of carbonyl (C=O) groups is 1. The number of thiazole rings is 1. The molecule has 0 unspecified atom stereocenters. The molecule has 0 atom stereocenters. The highest BCUT2D eigenvalue weighted by Crippen LogP contribution is 2.13. The van der Waals surface area contributed by atoms with Crippen LogP contribution in [-0.4, -0.2) is 33.9 Å². The number of aryl methyl sites for hydroxylation is 1. The summed E-state index contributed by atoms with van der Waals surface area (Å²) >= 11 is 1.43. The van der Waals surface area contributed by atoms with Gasteiger partial charge in [-0.25, -0.2) is 4.98 Å². The quantitative estimate of drug-likeness (QED) is 0.633.